The quantitative estimate of drug-likeness (QED) is 0.657. The molecule has 0 atom stereocenters. The van der Waals surface area contributed by atoms with Crippen LogP contribution in [0, 0.1) is 0 Å². The fourth-order valence-electron chi connectivity index (χ4n) is 2.16. The number of fused-ring (bicyclic) bond motifs is 1. The fraction of sp³-hybridized carbons (Fsp3) is 0.0625. The van der Waals surface area contributed by atoms with Crippen molar-refractivity contribution in [3.05, 3.63) is 52.0 Å². The van der Waals surface area contributed by atoms with E-state index in [1.807, 2.05) is 42.5 Å². The largest absolute Gasteiger partial charge is 0.274 e. The topological polar surface area (TPSA) is 66.9 Å². The number of anilines is 1. The summed E-state index contributed by atoms with van der Waals surface area (Å²) in [5.41, 5.74) is 7.41. The Morgan fingerprint density at radius 1 is 1.17 bits per heavy atom. The molecule has 5 nitrogen and oxygen atoms in total. The highest BCUT2D eigenvalue weighted by Crippen LogP contribution is 2.33. The molecule has 0 fully saturated rings. The number of benzene rings is 2. The lowest BCUT2D eigenvalue weighted by atomic mass is 10.1. The first-order chi connectivity index (χ1) is 11.0. The van der Waals surface area contributed by atoms with Crippen LogP contribution < -0.4 is 10.9 Å². The molecule has 3 aromatic rings. The number of carbonyl (C=O) groups excluding carboxylic acids is 1. The molecule has 3 rings (SSSR count). The number of hydrogen-bond donors (Lipinski definition) is 2. The predicted molar refractivity (Wildman–Crippen MR) is 95.1 cm³/mol. The first kappa shape index (κ1) is 15.7. The third kappa shape index (κ3) is 3.43. The molecule has 0 saturated heterocycles. The van der Waals surface area contributed by atoms with Crippen molar-refractivity contribution in [1.82, 2.24) is 15.4 Å². The zero-order valence-electron chi connectivity index (χ0n) is 12.1. The van der Waals surface area contributed by atoms with E-state index in [-0.39, 0.29) is 5.91 Å². The van der Waals surface area contributed by atoms with E-state index in [4.69, 9.17) is 11.6 Å². The predicted octanol–water partition coefficient (Wildman–Crippen LogP) is 4.18. The Balaban J connectivity index is 2.22. The lowest BCUT2D eigenvalue weighted by Crippen LogP contribution is -2.27. The van der Waals surface area contributed by atoms with Crippen molar-refractivity contribution < 1.29 is 4.79 Å². The summed E-state index contributed by atoms with van der Waals surface area (Å²) in [5.74, 6) is 0.0636. The Morgan fingerprint density at radius 2 is 1.96 bits per heavy atom. The fourth-order valence-corrected chi connectivity index (χ4v) is 2.75. The maximum atomic E-state index is 11.1. The lowest BCUT2D eigenvalue weighted by molar-refractivity contribution is -0.118. The van der Waals surface area contributed by atoms with E-state index in [9.17, 15) is 4.79 Å². The van der Waals surface area contributed by atoms with Crippen LogP contribution in [-0.4, -0.2) is 15.9 Å². The van der Waals surface area contributed by atoms with E-state index >= 15 is 0 Å². The number of hydrazine groups is 1. The monoisotopic (exact) mass is 390 g/mol. The summed E-state index contributed by atoms with van der Waals surface area (Å²) < 4.78 is 0.921. The van der Waals surface area contributed by atoms with E-state index in [1.165, 1.54) is 6.92 Å². The van der Waals surface area contributed by atoms with Crippen LogP contribution in [0.5, 0.6) is 0 Å². The molecule has 0 radical (unpaired) electrons. The molecule has 1 heterocycles. The van der Waals surface area contributed by atoms with Gasteiger partial charge < -0.3 is 0 Å². The van der Waals surface area contributed by atoms with E-state index < -0.39 is 0 Å². The van der Waals surface area contributed by atoms with Crippen LogP contribution in [0.15, 0.2) is 46.9 Å². The summed E-state index contributed by atoms with van der Waals surface area (Å²) in [6.07, 6.45) is 0. The Hall–Kier alpha value is -2.18. The highest BCUT2D eigenvalue weighted by molar-refractivity contribution is 9.10. The molecule has 0 spiro atoms. The summed E-state index contributed by atoms with van der Waals surface area (Å²) in [4.78, 5) is 20.0. The molecule has 23 heavy (non-hydrogen) atoms. The molecule has 2 N–H and O–H groups in total. The second kappa shape index (κ2) is 6.52. The van der Waals surface area contributed by atoms with Gasteiger partial charge in [0.1, 0.15) is 0 Å². The second-order valence-electron chi connectivity index (χ2n) is 4.84. The number of aromatic nitrogens is 2. The number of hydrogen-bond acceptors (Lipinski definition) is 4. The summed E-state index contributed by atoms with van der Waals surface area (Å²) >= 11 is 9.78. The first-order valence-electron chi connectivity index (χ1n) is 6.79. The lowest BCUT2D eigenvalue weighted by Gasteiger charge is -2.11. The van der Waals surface area contributed by atoms with E-state index in [0.29, 0.717) is 16.7 Å². The minimum atomic E-state index is -0.233. The van der Waals surface area contributed by atoms with Crippen molar-refractivity contribution in [3.63, 3.8) is 0 Å². The molecule has 1 aromatic heterocycles. The second-order valence-corrected chi connectivity index (χ2v) is 6.17. The molecule has 0 bridgehead atoms. The highest BCUT2D eigenvalue weighted by Gasteiger charge is 2.13. The Bertz CT molecular complexity index is 900. The third-order valence-electron chi connectivity index (χ3n) is 3.14. The summed E-state index contributed by atoms with van der Waals surface area (Å²) in [7, 11) is 0. The maximum Gasteiger partial charge on any atom is 0.242 e. The van der Waals surface area contributed by atoms with Gasteiger partial charge in [-0.2, -0.15) is 0 Å². The third-order valence-corrected chi connectivity index (χ3v) is 3.96. The van der Waals surface area contributed by atoms with E-state index in [1.54, 1.807) is 0 Å². The van der Waals surface area contributed by atoms with Crippen molar-refractivity contribution in [2.24, 2.45) is 0 Å². The Labute approximate surface area is 146 Å². The molecule has 0 unspecified atom stereocenters. The highest BCUT2D eigenvalue weighted by atomic mass is 79.9. The van der Waals surface area contributed by atoms with Gasteiger partial charge in [-0.05, 0) is 24.3 Å². The van der Waals surface area contributed by atoms with Crippen LogP contribution in [-0.2, 0) is 4.79 Å². The zero-order chi connectivity index (χ0) is 16.4. The van der Waals surface area contributed by atoms with Crippen LogP contribution >= 0.6 is 27.5 Å². The van der Waals surface area contributed by atoms with E-state index in [2.05, 4.69) is 36.7 Å². The van der Waals surface area contributed by atoms with Gasteiger partial charge in [0, 0.05) is 27.4 Å². The number of halogens is 2. The van der Waals surface area contributed by atoms with Gasteiger partial charge >= 0.3 is 0 Å². The van der Waals surface area contributed by atoms with Gasteiger partial charge in [-0.15, -0.1) is 0 Å². The standard InChI is InChI=1S/C16H12BrClN4O/c1-9(23)21-22-16-19-14-7-6-10(17)8-12(14)15(20-16)11-4-2-3-5-13(11)18/h2-8H,1H3,(H,21,23)(H,19,20,22). The molecular formula is C16H12BrClN4O. The van der Waals surface area contributed by atoms with Crippen molar-refractivity contribution in [2.45, 2.75) is 6.92 Å². The Morgan fingerprint density at radius 3 is 2.70 bits per heavy atom. The average Bonchev–Trinajstić information content (AvgIpc) is 2.53. The van der Waals surface area contributed by atoms with Crippen LogP contribution in [0.25, 0.3) is 22.2 Å². The van der Waals surface area contributed by atoms with Crippen molar-refractivity contribution in [3.8, 4) is 11.3 Å². The van der Waals surface area contributed by atoms with Crippen molar-refractivity contribution >= 4 is 50.3 Å². The maximum absolute atomic E-state index is 11.1. The summed E-state index contributed by atoms with van der Waals surface area (Å²) in [5, 5.41) is 1.46. The van der Waals surface area contributed by atoms with Crippen molar-refractivity contribution in [1.29, 1.82) is 0 Å². The van der Waals surface area contributed by atoms with Gasteiger partial charge in [0.15, 0.2) is 0 Å². The summed E-state index contributed by atoms with van der Waals surface area (Å²) in [6.45, 7) is 1.40. The molecule has 1 amide bonds. The van der Waals surface area contributed by atoms with Crippen LogP contribution in [0.2, 0.25) is 5.02 Å². The summed E-state index contributed by atoms with van der Waals surface area (Å²) in [6, 6.07) is 13.2. The van der Waals surface area contributed by atoms with Gasteiger partial charge in [-0.1, -0.05) is 45.7 Å². The smallest absolute Gasteiger partial charge is 0.242 e. The molecule has 0 aliphatic rings. The normalized spacial score (nSPS) is 10.6. The van der Waals surface area contributed by atoms with Gasteiger partial charge in [-0.3, -0.25) is 15.6 Å². The van der Waals surface area contributed by atoms with Gasteiger partial charge in [0.05, 0.1) is 11.2 Å². The minimum Gasteiger partial charge on any atom is -0.274 e. The SMILES string of the molecule is CC(=O)NNc1nc(-c2ccccc2Cl)c2cc(Br)ccc2n1. The molecule has 7 heteroatoms. The molecule has 0 aliphatic heterocycles. The van der Waals surface area contributed by atoms with Gasteiger partial charge in [0.2, 0.25) is 11.9 Å². The Kier molecular flexibility index (Phi) is 4.45. The van der Waals surface area contributed by atoms with Crippen LogP contribution in [0.3, 0.4) is 0 Å². The molecule has 2 aromatic carbocycles. The number of nitrogens with one attached hydrogen (secondary N) is 2. The van der Waals surface area contributed by atoms with Gasteiger partial charge in [-0.25, -0.2) is 9.97 Å². The first-order valence-corrected chi connectivity index (χ1v) is 7.96. The van der Waals surface area contributed by atoms with Crippen LogP contribution in [0.1, 0.15) is 6.92 Å². The molecule has 0 aliphatic carbocycles. The number of nitrogens with zero attached hydrogens (tertiary/aromatic N) is 2. The molecular weight excluding hydrogens is 380 g/mol. The number of rotatable bonds is 3. The minimum absolute atomic E-state index is 0.233. The molecule has 0 saturated carbocycles. The van der Waals surface area contributed by atoms with E-state index in [0.717, 1.165) is 20.9 Å². The van der Waals surface area contributed by atoms with Gasteiger partial charge in [0.25, 0.3) is 0 Å². The zero-order valence-corrected chi connectivity index (χ0v) is 14.4. The van der Waals surface area contributed by atoms with Crippen molar-refractivity contribution in [2.75, 3.05) is 5.43 Å². The molecule has 116 valence electrons. The van der Waals surface area contributed by atoms with Crippen LogP contribution in [0.4, 0.5) is 5.95 Å². The number of amides is 1. The number of carbonyl (C=O) groups is 1. The average molecular weight is 392 g/mol.